The maximum Gasteiger partial charge on any atom is 0.255 e. The van der Waals surface area contributed by atoms with Crippen molar-refractivity contribution in [2.75, 3.05) is 38.5 Å². The molecule has 8 nitrogen and oxygen atoms in total. The third kappa shape index (κ3) is 5.34. The van der Waals surface area contributed by atoms with Gasteiger partial charge in [-0.3, -0.25) is 9.69 Å². The highest BCUT2D eigenvalue weighted by atomic mass is 16.1. The standard InChI is InChI=1S/C31H33N7O/c1-21-4-7-28(16-29(21)38-20-27(18-34-38)26-15-23-8-9-32-30(23)33-17-26)35-31(39)24-5-6-25(22(2)14-24)19-37-12-10-36(3)11-13-37/h4-9,14-18,20H,10-13,19H2,1-3H3,(H,32,33)(H,35,39). The topological polar surface area (TPSA) is 82.1 Å². The SMILES string of the molecule is Cc1cc(C(=O)Nc2ccc(C)c(-n3cc(-c4cnc5[nH]ccc5c4)cn3)c2)ccc1CN1CCN(C)CC1. The number of aromatic nitrogens is 4. The molecule has 6 rings (SSSR count). The number of aromatic amines is 1. The lowest BCUT2D eigenvalue weighted by molar-refractivity contribution is 0.102. The molecule has 1 amide bonds. The van der Waals surface area contributed by atoms with Gasteiger partial charge in [-0.15, -0.1) is 0 Å². The van der Waals surface area contributed by atoms with Crippen LogP contribution in [0.4, 0.5) is 5.69 Å². The average Bonchev–Trinajstić information content (AvgIpc) is 3.62. The molecule has 1 saturated heterocycles. The van der Waals surface area contributed by atoms with Crippen molar-refractivity contribution in [1.82, 2.24) is 29.5 Å². The van der Waals surface area contributed by atoms with Gasteiger partial charge < -0.3 is 15.2 Å². The van der Waals surface area contributed by atoms with E-state index in [1.165, 1.54) is 5.56 Å². The smallest absolute Gasteiger partial charge is 0.255 e. The lowest BCUT2D eigenvalue weighted by atomic mass is 10.0. The number of rotatable bonds is 6. The normalized spacial score (nSPS) is 14.6. The van der Waals surface area contributed by atoms with Crippen molar-refractivity contribution in [2.45, 2.75) is 20.4 Å². The monoisotopic (exact) mass is 519 g/mol. The summed E-state index contributed by atoms with van der Waals surface area (Å²) in [6, 6.07) is 16.0. The highest BCUT2D eigenvalue weighted by molar-refractivity contribution is 6.04. The number of likely N-dealkylation sites (N-methyl/N-ethyl adjacent to an activating group) is 1. The van der Waals surface area contributed by atoms with E-state index in [1.54, 1.807) is 0 Å². The maximum atomic E-state index is 13.2. The van der Waals surface area contributed by atoms with Gasteiger partial charge >= 0.3 is 0 Å². The first-order valence-electron chi connectivity index (χ1n) is 13.3. The second-order valence-corrected chi connectivity index (χ2v) is 10.5. The van der Waals surface area contributed by atoms with Crippen molar-refractivity contribution in [3.8, 4) is 16.8 Å². The largest absolute Gasteiger partial charge is 0.346 e. The Labute approximate surface area is 228 Å². The van der Waals surface area contributed by atoms with Crippen LogP contribution in [0.5, 0.6) is 0 Å². The van der Waals surface area contributed by atoms with Crippen molar-refractivity contribution < 1.29 is 4.79 Å². The van der Waals surface area contributed by atoms with E-state index in [2.05, 4.69) is 56.3 Å². The Bertz CT molecular complexity index is 1640. The first kappa shape index (κ1) is 25.0. The number of pyridine rings is 1. The van der Waals surface area contributed by atoms with Crippen molar-refractivity contribution in [3.63, 3.8) is 0 Å². The summed E-state index contributed by atoms with van der Waals surface area (Å²) in [7, 11) is 2.17. The lowest BCUT2D eigenvalue weighted by Crippen LogP contribution is -2.43. The summed E-state index contributed by atoms with van der Waals surface area (Å²) in [5.41, 5.74) is 8.62. The molecule has 0 atom stereocenters. The van der Waals surface area contributed by atoms with E-state index in [9.17, 15) is 4.79 Å². The van der Waals surface area contributed by atoms with Gasteiger partial charge in [0.05, 0.1) is 11.9 Å². The van der Waals surface area contributed by atoms with Crippen molar-refractivity contribution in [2.24, 2.45) is 0 Å². The molecule has 198 valence electrons. The molecule has 2 N–H and O–H groups in total. The quantitative estimate of drug-likeness (QED) is 0.329. The molecule has 8 heteroatoms. The van der Waals surface area contributed by atoms with Crippen LogP contribution in [0.3, 0.4) is 0 Å². The van der Waals surface area contributed by atoms with Gasteiger partial charge in [-0.05, 0) is 74.0 Å². The second-order valence-electron chi connectivity index (χ2n) is 10.5. The van der Waals surface area contributed by atoms with E-state index in [1.807, 2.05) is 72.8 Å². The van der Waals surface area contributed by atoms with Gasteiger partial charge in [0.25, 0.3) is 5.91 Å². The summed E-state index contributed by atoms with van der Waals surface area (Å²) in [5, 5.41) is 8.74. The van der Waals surface area contributed by atoms with Crippen LogP contribution in [0.2, 0.25) is 0 Å². The molecule has 1 aliphatic heterocycles. The fraction of sp³-hybridized carbons (Fsp3) is 0.258. The summed E-state index contributed by atoms with van der Waals surface area (Å²) in [6.07, 6.45) is 7.57. The summed E-state index contributed by atoms with van der Waals surface area (Å²) in [4.78, 5) is 25.6. The van der Waals surface area contributed by atoms with Crippen LogP contribution in [0, 0.1) is 13.8 Å². The predicted octanol–water partition coefficient (Wildman–Crippen LogP) is 5.03. The summed E-state index contributed by atoms with van der Waals surface area (Å²) in [5.74, 6) is -0.119. The summed E-state index contributed by atoms with van der Waals surface area (Å²) >= 11 is 0. The zero-order valence-corrected chi connectivity index (χ0v) is 22.6. The number of carbonyl (C=O) groups excluding carboxylic acids is 1. The minimum atomic E-state index is -0.119. The van der Waals surface area contributed by atoms with Crippen LogP contribution in [0.1, 0.15) is 27.0 Å². The number of aryl methyl sites for hydroxylation is 2. The molecule has 0 saturated carbocycles. The van der Waals surface area contributed by atoms with E-state index >= 15 is 0 Å². The number of nitrogens with one attached hydrogen (secondary N) is 2. The molecule has 0 radical (unpaired) electrons. The Balaban J connectivity index is 1.17. The van der Waals surface area contributed by atoms with Crippen LogP contribution >= 0.6 is 0 Å². The van der Waals surface area contributed by atoms with Crippen LogP contribution in [0.15, 0.2) is 73.3 Å². The molecule has 0 unspecified atom stereocenters. The van der Waals surface area contributed by atoms with Crippen LogP contribution in [0.25, 0.3) is 27.8 Å². The van der Waals surface area contributed by atoms with E-state index in [-0.39, 0.29) is 5.91 Å². The third-order valence-electron chi connectivity index (χ3n) is 7.62. The summed E-state index contributed by atoms with van der Waals surface area (Å²) in [6.45, 7) is 9.39. The van der Waals surface area contributed by atoms with Crippen molar-refractivity contribution in [1.29, 1.82) is 0 Å². The van der Waals surface area contributed by atoms with E-state index in [0.717, 1.165) is 77.4 Å². The zero-order chi connectivity index (χ0) is 26.9. The number of fused-ring (bicyclic) bond motifs is 1. The van der Waals surface area contributed by atoms with Crippen molar-refractivity contribution in [3.05, 3.63) is 95.6 Å². The van der Waals surface area contributed by atoms with Crippen LogP contribution in [-0.2, 0) is 6.54 Å². The van der Waals surface area contributed by atoms with Crippen LogP contribution in [-0.4, -0.2) is 68.7 Å². The lowest BCUT2D eigenvalue weighted by Gasteiger charge is -2.32. The first-order chi connectivity index (χ1) is 18.9. The van der Waals surface area contributed by atoms with Gasteiger partial charge in [0, 0.05) is 79.1 Å². The molecule has 5 aromatic rings. The number of hydrogen-bond acceptors (Lipinski definition) is 5. The van der Waals surface area contributed by atoms with Gasteiger partial charge in [-0.1, -0.05) is 12.1 Å². The second kappa shape index (κ2) is 10.5. The summed E-state index contributed by atoms with van der Waals surface area (Å²) < 4.78 is 1.85. The predicted molar refractivity (Wildman–Crippen MR) is 155 cm³/mol. The number of piperazine rings is 1. The Morgan fingerprint density at radius 3 is 2.62 bits per heavy atom. The molecule has 2 aromatic carbocycles. The van der Waals surface area contributed by atoms with Crippen molar-refractivity contribution >= 4 is 22.6 Å². The molecule has 39 heavy (non-hydrogen) atoms. The minimum Gasteiger partial charge on any atom is -0.346 e. The molecule has 0 bridgehead atoms. The number of benzene rings is 2. The van der Waals surface area contributed by atoms with E-state index in [0.29, 0.717) is 5.56 Å². The molecular formula is C31H33N7O. The fourth-order valence-corrected chi connectivity index (χ4v) is 5.10. The number of hydrogen-bond donors (Lipinski definition) is 2. The van der Waals surface area contributed by atoms with Gasteiger partial charge in [-0.2, -0.15) is 5.10 Å². The fourth-order valence-electron chi connectivity index (χ4n) is 5.10. The van der Waals surface area contributed by atoms with Gasteiger partial charge in [0.1, 0.15) is 5.65 Å². The van der Waals surface area contributed by atoms with Crippen LogP contribution < -0.4 is 5.32 Å². The molecule has 4 heterocycles. The number of nitrogens with zero attached hydrogens (tertiary/aromatic N) is 5. The minimum absolute atomic E-state index is 0.119. The highest BCUT2D eigenvalue weighted by Crippen LogP contribution is 2.25. The Kier molecular flexibility index (Phi) is 6.72. The van der Waals surface area contributed by atoms with E-state index < -0.39 is 0 Å². The number of H-pyrrole nitrogens is 1. The highest BCUT2D eigenvalue weighted by Gasteiger charge is 2.16. The molecule has 0 aliphatic carbocycles. The Hall–Kier alpha value is -4.27. The Morgan fingerprint density at radius 1 is 0.949 bits per heavy atom. The van der Waals surface area contributed by atoms with Gasteiger partial charge in [-0.25, -0.2) is 9.67 Å². The average molecular weight is 520 g/mol. The molecule has 3 aromatic heterocycles. The maximum absolute atomic E-state index is 13.2. The number of amides is 1. The van der Waals surface area contributed by atoms with E-state index in [4.69, 9.17) is 0 Å². The molecule has 1 fully saturated rings. The first-order valence-corrected chi connectivity index (χ1v) is 13.3. The molecular weight excluding hydrogens is 486 g/mol. The molecule has 1 aliphatic rings. The number of carbonyl (C=O) groups is 1. The third-order valence-corrected chi connectivity index (χ3v) is 7.62. The Morgan fingerprint density at radius 2 is 1.79 bits per heavy atom. The number of anilines is 1. The van der Waals surface area contributed by atoms with Gasteiger partial charge in [0.2, 0.25) is 0 Å². The zero-order valence-electron chi connectivity index (χ0n) is 22.6. The molecule has 0 spiro atoms. The van der Waals surface area contributed by atoms with Gasteiger partial charge in [0.15, 0.2) is 0 Å².